The summed E-state index contributed by atoms with van der Waals surface area (Å²) in [4.78, 5) is 2.53. The standard InChI is InChI=1S/C17H29ClN2/c1-5-8-11-20(14(4)6-2)17-10-9-16(18)12-15(17)13-19-7-3/h9-10,12,14,19H,5-8,11,13H2,1-4H3. The zero-order chi connectivity index (χ0) is 15.0. The fraction of sp³-hybridized carbons (Fsp3) is 0.647. The quantitative estimate of drug-likeness (QED) is 0.700. The predicted molar refractivity (Wildman–Crippen MR) is 90.8 cm³/mol. The molecule has 0 saturated heterocycles. The van der Waals surface area contributed by atoms with Gasteiger partial charge >= 0.3 is 0 Å². The van der Waals surface area contributed by atoms with Crippen molar-refractivity contribution in [2.45, 2.75) is 59.5 Å². The highest BCUT2D eigenvalue weighted by Crippen LogP contribution is 2.27. The van der Waals surface area contributed by atoms with Crippen LogP contribution in [0.2, 0.25) is 5.02 Å². The molecule has 0 aliphatic carbocycles. The van der Waals surface area contributed by atoms with Crippen LogP contribution in [0.15, 0.2) is 18.2 Å². The van der Waals surface area contributed by atoms with Crippen LogP contribution in [-0.4, -0.2) is 19.1 Å². The largest absolute Gasteiger partial charge is 0.369 e. The number of rotatable bonds is 9. The first-order chi connectivity index (χ1) is 9.63. The van der Waals surface area contributed by atoms with Gasteiger partial charge in [0.2, 0.25) is 0 Å². The van der Waals surface area contributed by atoms with Crippen molar-refractivity contribution < 1.29 is 0 Å². The number of unbranched alkanes of at least 4 members (excludes halogenated alkanes) is 1. The molecule has 1 rings (SSSR count). The van der Waals surface area contributed by atoms with E-state index in [1.165, 1.54) is 24.1 Å². The van der Waals surface area contributed by atoms with Crippen molar-refractivity contribution >= 4 is 17.3 Å². The van der Waals surface area contributed by atoms with Crippen LogP contribution in [0.3, 0.4) is 0 Å². The molecule has 1 unspecified atom stereocenters. The van der Waals surface area contributed by atoms with Gasteiger partial charge in [0.25, 0.3) is 0 Å². The third-order valence-corrected chi connectivity index (χ3v) is 4.03. The van der Waals surface area contributed by atoms with E-state index in [1.807, 2.05) is 6.07 Å². The van der Waals surface area contributed by atoms with E-state index in [-0.39, 0.29) is 0 Å². The van der Waals surface area contributed by atoms with Crippen LogP contribution in [0, 0.1) is 0 Å². The molecule has 0 spiro atoms. The van der Waals surface area contributed by atoms with E-state index in [0.29, 0.717) is 6.04 Å². The maximum Gasteiger partial charge on any atom is 0.0415 e. The van der Waals surface area contributed by atoms with Crippen LogP contribution in [0.5, 0.6) is 0 Å². The van der Waals surface area contributed by atoms with Gasteiger partial charge in [-0.2, -0.15) is 0 Å². The minimum absolute atomic E-state index is 0.558. The van der Waals surface area contributed by atoms with Crippen molar-refractivity contribution in [3.8, 4) is 0 Å². The summed E-state index contributed by atoms with van der Waals surface area (Å²) in [5.41, 5.74) is 2.63. The number of nitrogens with one attached hydrogen (secondary N) is 1. The number of nitrogens with zero attached hydrogens (tertiary/aromatic N) is 1. The summed E-state index contributed by atoms with van der Waals surface area (Å²) in [6.45, 7) is 11.9. The molecule has 1 aromatic rings. The SMILES string of the molecule is CCCCN(c1ccc(Cl)cc1CNCC)C(C)CC. The minimum Gasteiger partial charge on any atom is -0.369 e. The lowest BCUT2D eigenvalue weighted by Gasteiger charge is -2.33. The molecule has 0 amide bonds. The van der Waals surface area contributed by atoms with Gasteiger partial charge < -0.3 is 10.2 Å². The molecule has 0 fully saturated rings. The van der Waals surface area contributed by atoms with E-state index in [2.05, 4.69) is 50.0 Å². The Bertz CT molecular complexity index is 393. The van der Waals surface area contributed by atoms with Gasteiger partial charge in [-0.05, 0) is 50.1 Å². The summed E-state index contributed by atoms with van der Waals surface area (Å²) < 4.78 is 0. The van der Waals surface area contributed by atoms with Crippen LogP contribution in [0.25, 0.3) is 0 Å². The fourth-order valence-electron chi connectivity index (χ4n) is 2.36. The highest BCUT2D eigenvalue weighted by atomic mass is 35.5. The molecule has 114 valence electrons. The maximum atomic E-state index is 6.17. The van der Waals surface area contributed by atoms with Gasteiger partial charge in [0, 0.05) is 29.8 Å². The lowest BCUT2D eigenvalue weighted by Crippen LogP contribution is -2.34. The van der Waals surface area contributed by atoms with E-state index in [0.717, 1.165) is 31.1 Å². The van der Waals surface area contributed by atoms with Gasteiger partial charge in [0.15, 0.2) is 0 Å². The number of anilines is 1. The van der Waals surface area contributed by atoms with Gasteiger partial charge in [0.05, 0.1) is 0 Å². The van der Waals surface area contributed by atoms with Crippen molar-refractivity contribution in [3.05, 3.63) is 28.8 Å². The average Bonchev–Trinajstić information content (AvgIpc) is 2.46. The molecule has 0 aromatic heterocycles. The maximum absolute atomic E-state index is 6.17. The van der Waals surface area contributed by atoms with Gasteiger partial charge in [-0.15, -0.1) is 0 Å². The molecule has 0 bridgehead atoms. The Hall–Kier alpha value is -0.730. The third kappa shape index (κ3) is 4.99. The Morgan fingerprint density at radius 3 is 2.60 bits per heavy atom. The van der Waals surface area contributed by atoms with Crippen molar-refractivity contribution in [1.82, 2.24) is 5.32 Å². The Morgan fingerprint density at radius 1 is 1.25 bits per heavy atom. The van der Waals surface area contributed by atoms with Crippen molar-refractivity contribution in [3.63, 3.8) is 0 Å². The second-order valence-corrected chi connectivity index (χ2v) is 5.79. The first-order valence-corrected chi connectivity index (χ1v) is 8.27. The van der Waals surface area contributed by atoms with Crippen LogP contribution in [-0.2, 0) is 6.54 Å². The number of hydrogen-bond acceptors (Lipinski definition) is 2. The highest BCUT2D eigenvalue weighted by Gasteiger charge is 2.16. The van der Waals surface area contributed by atoms with Gasteiger partial charge in [-0.3, -0.25) is 0 Å². The third-order valence-electron chi connectivity index (χ3n) is 3.79. The molecule has 0 aliphatic rings. The smallest absolute Gasteiger partial charge is 0.0415 e. The molecule has 2 nitrogen and oxygen atoms in total. The topological polar surface area (TPSA) is 15.3 Å². The number of hydrogen-bond donors (Lipinski definition) is 1. The lowest BCUT2D eigenvalue weighted by molar-refractivity contribution is 0.591. The van der Waals surface area contributed by atoms with E-state index in [4.69, 9.17) is 11.6 Å². The van der Waals surface area contributed by atoms with Gasteiger partial charge in [-0.25, -0.2) is 0 Å². The van der Waals surface area contributed by atoms with E-state index >= 15 is 0 Å². The minimum atomic E-state index is 0.558. The summed E-state index contributed by atoms with van der Waals surface area (Å²) in [6, 6.07) is 6.84. The summed E-state index contributed by atoms with van der Waals surface area (Å²) in [6.07, 6.45) is 3.61. The molecular weight excluding hydrogens is 268 g/mol. The Morgan fingerprint density at radius 2 is 2.00 bits per heavy atom. The molecule has 1 aromatic carbocycles. The van der Waals surface area contributed by atoms with Crippen LogP contribution < -0.4 is 10.2 Å². The first kappa shape index (κ1) is 17.3. The Balaban J connectivity index is 3.03. The van der Waals surface area contributed by atoms with Gasteiger partial charge in [0.1, 0.15) is 0 Å². The summed E-state index contributed by atoms with van der Waals surface area (Å²) in [7, 11) is 0. The Labute approximate surface area is 129 Å². The molecule has 0 aliphatic heterocycles. The summed E-state index contributed by atoms with van der Waals surface area (Å²) in [5.74, 6) is 0. The molecule has 20 heavy (non-hydrogen) atoms. The highest BCUT2D eigenvalue weighted by molar-refractivity contribution is 6.30. The zero-order valence-corrected chi connectivity index (χ0v) is 14.1. The molecule has 1 atom stereocenters. The van der Waals surface area contributed by atoms with Crippen LogP contribution >= 0.6 is 11.6 Å². The number of benzene rings is 1. The lowest BCUT2D eigenvalue weighted by atomic mass is 10.1. The Kier molecular flexibility index (Phi) is 8.01. The van der Waals surface area contributed by atoms with Crippen LogP contribution in [0.1, 0.15) is 52.5 Å². The molecule has 1 N–H and O–H groups in total. The molecule has 0 saturated carbocycles. The van der Waals surface area contributed by atoms with E-state index < -0.39 is 0 Å². The molecular formula is C17H29ClN2. The second-order valence-electron chi connectivity index (χ2n) is 5.36. The van der Waals surface area contributed by atoms with Gasteiger partial charge in [-0.1, -0.05) is 38.8 Å². The molecule has 0 heterocycles. The monoisotopic (exact) mass is 296 g/mol. The van der Waals surface area contributed by atoms with Crippen molar-refractivity contribution in [2.75, 3.05) is 18.0 Å². The summed E-state index contributed by atoms with van der Waals surface area (Å²) in [5, 5.41) is 4.24. The second kappa shape index (κ2) is 9.25. The van der Waals surface area contributed by atoms with Crippen molar-refractivity contribution in [1.29, 1.82) is 0 Å². The molecule has 3 heteroatoms. The number of halogens is 1. The summed E-state index contributed by atoms with van der Waals surface area (Å²) >= 11 is 6.17. The zero-order valence-electron chi connectivity index (χ0n) is 13.4. The predicted octanol–water partition coefficient (Wildman–Crippen LogP) is 4.85. The first-order valence-electron chi connectivity index (χ1n) is 7.89. The van der Waals surface area contributed by atoms with Crippen molar-refractivity contribution in [2.24, 2.45) is 0 Å². The van der Waals surface area contributed by atoms with E-state index in [1.54, 1.807) is 0 Å². The normalized spacial score (nSPS) is 12.4. The fourth-order valence-corrected chi connectivity index (χ4v) is 2.56. The molecule has 0 radical (unpaired) electrons. The average molecular weight is 297 g/mol. The van der Waals surface area contributed by atoms with Crippen LogP contribution in [0.4, 0.5) is 5.69 Å². The van der Waals surface area contributed by atoms with E-state index in [9.17, 15) is 0 Å².